The molecule has 1 aliphatic rings. The third-order valence-electron chi connectivity index (χ3n) is 4.50. The molecule has 1 aliphatic heterocycles. The maximum Gasteiger partial charge on any atom is 0.257 e. The monoisotopic (exact) mass is 352 g/mol. The number of benzene rings is 1. The predicted molar refractivity (Wildman–Crippen MR) is 102 cm³/mol. The number of amides is 2. The minimum absolute atomic E-state index is 0.0209. The molecule has 0 aliphatic carbocycles. The fraction of sp³-hybridized carbons (Fsp3) is 0.350. The van der Waals surface area contributed by atoms with E-state index in [1.807, 2.05) is 43.0 Å². The van der Waals surface area contributed by atoms with E-state index in [0.29, 0.717) is 18.7 Å². The van der Waals surface area contributed by atoms with Crippen LogP contribution in [-0.2, 0) is 4.79 Å². The molecule has 1 aromatic carbocycles. The van der Waals surface area contributed by atoms with Crippen molar-refractivity contribution in [3.63, 3.8) is 0 Å². The molecule has 2 amide bonds. The number of pyridine rings is 1. The molecule has 0 spiro atoms. The van der Waals surface area contributed by atoms with Gasteiger partial charge in [0.05, 0.1) is 16.9 Å². The molecule has 6 nitrogen and oxygen atoms in total. The predicted octanol–water partition coefficient (Wildman–Crippen LogP) is 2.64. The summed E-state index contributed by atoms with van der Waals surface area (Å²) >= 11 is 0. The summed E-state index contributed by atoms with van der Waals surface area (Å²) < 4.78 is 0. The summed E-state index contributed by atoms with van der Waals surface area (Å²) in [5.74, 6) is 0.0367. The van der Waals surface area contributed by atoms with Crippen LogP contribution in [0.5, 0.6) is 0 Å². The highest BCUT2D eigenvalue weighted by molar-refractivity contribution is 6.05. The Bertz CT molecular complexity index is 768. The lowest BCUT2D eigenvalue weighted by Gasteiger charge is -2.37. The van der Waals surface area contributed by atoms with Crippen molar-refractivity contribution in [3.05, 3.63) is 54.4 Å². The fourth-order valence-corrected chi connectivity index (χ4v) is 3.08. The second-order valence-electron chi connectivity index (χ2n) is 6.68. The molecule has 0 unspecified atom stereocenters. The number of aromatic nitrogens is 1. The van der Waals surface area contributed by atoms with Gasteiger partial charge in [0.15, 0.2) is 0 Å². The number of carbonyl (C=O) groups excluding carboxylic acids is 2. The van der Waals surface area contributed by atoms with E-state index in [4.69, 9.17) is 0 Å². The number of hydrogen-bond donors (Lipinski definition) is 1. The van der Waals surface area contributed by atoms with Crippen LogP contribution >= 0.6 is 0 Å². The molecular formula is C20H24N4O2. The van der Waals surface area contributed by atoms with E-state index in [2.05, 4.69) is 15.2 Å². The molecule has 6 heteroatoms. The number of hydrogen-bond acceptors (Lipinski definition) is 4. The Kier molecular flexibility index (Phi) is 5.51. The Balaban J connectivity index is 1.70. The van der Waals surface area contributed by atoms with Crippen molar-refractivity contribution in [2.45, 2.75) is 13.8 Å². The number of para-hydroxylation sites is 2. The minimum Gasteiger partial charge on any atom is -0.366 e. The van der Waals surface area contributed by atoms with E-state index >= 15 is 0 Å². The van der Waals surface area contributed by atoms with Gasteiger partial charge in [-0.15, -0.1) is 0 Å². The highest BCUT2D eigenvalue weighted by Gasteiger charge is 2.24. The normalized spacial score (nSPS) is 14.4. The quantitative estimate of drug-likeness (QED) is 0.919. The first-order chi connectivity index (χ1) is 12.6. The van der Waals surface area contributed by atoms with Gasteiger partial charge in [0, 0.05) is 44.5 Å². The Morgan fingerprint density at radius 1 is 1.04 bits per heavy atom. The second-order valence-corrected chi connectivity index (χ2v) is 6.68. The number of rotatable bonds is 4. The van der Waals surface area contributed by atoms with Gasteiger partial charge in [-0.2, -0.15) is 0 Å². The summed E-state index contributed by atoms with van der Waals surface area (Å²) in [6, 6.07) is 11.2. The molecule has 0 bridgehead atoms. The molecule has 0 radical (unpaired) electrons. The summed E-state index contributed by atoms with van der Waals surface area (Å²) in [4.78, 5) is 32.7. The van der Waals surface area contributed by atoms with Gasteiger partial charge in [0.2, 0.25) is 5.91 Å². The van der Waals surface area contributed by atoms with Gasteiger partial charge in [-0.05, 0) is 24.3 Å². The lowest BCUT2D eigenvalue weighted by molar-refractivity contribution is -0.134. The van der Waals surface area contributed by atoms with Crippen LogP contribution in [0.25, 0.3) is 0 Å². The fourth-order valence-electron chi connectivity index (χ4n) is 3.08. The van der Waals surface area contributed by atoms with Gasteiger partial charge in [-0.25, -0.2) is 0 Å². The molecule has 2 heterocycles. The Morgan fingerprint density at radius 2 is 1.77 bits per heavy atom. The van der Waals surface area contributed by atoms with Crippen molar-refractivity contribution < 1.29 is 9.59 Å². The first kappa shape index (κ1) is 17.9. The summed E-state index contributed by atoms with van der Waals surface area (Å²) in [7, 11) is 0. The lowest BCUT2D eigenvalue weighted by atomic mass is 10.1. The maximum absolute atomic E-state index is 12.4. The van der Waals surface area contributed by atoms with Crippen LogP contribution in [0, 0.1) is 5.92 Å². The molecule has 1 fully saturated rings. The van der Waals surface area contributed by atoms with E-state index in [9.17, 15) is 9.59 Å². The molecule has 3 rings (SSSR count). The Morgan fingerprint density at radius 3 is 2.42 bits per heavy atom. The van der Waals surface area contributed by atoms with E-state index in [-0.39, 0.29) is 17.7 Å². The molecule has 0 atom stereocenters. The van der Waals surface area contributed by atoms with Crippen molar-refractivity contribution in [1.82, 2.24) is 9.88 Å². The lowest BCUT2D eigenvalue weighted by Crippen LogP contribution is -2.50. The third kappa shape index (κ3) is 4.02. The number of piperazine rings is 1. The highest BCUT2D eigenvalue weighted by atomic mass is 16.2. The SMILES string of the molecule is CC(C)C(=O)N1CCN(c2ccccc2NC(=O)c2cccnc2)CC1. The summed E-state index contributed by atoms with van der Waals surface area (Å²) in [5, 5.41) is 2.98. The van der Waals surface area contributed by atoms with E-state index in [0.717, 1.165) is 24.5 Å². The topological polar surface area (TPSA) is 65.5 Å². The van der Waals surface area contributed by atoms with Crippen molar-refractivity contribution >= 4 is 23.2 Å². The third-order valence-corrected chi connectivity index (χ3v) is 4.50. The van der Waals surface area contributed by atoms with Crippen LogP contribution in [0.1, 0.15) is 24.2 Å². The number of nitrogens with zero attached hydrogens (tertiary/aromatic N) is 3. The van der Waals surface area contributed by atoms with Crippen LogP contribution in [-0.4, -0.2) is 47.9 Å². The van der Waals surface area contributed by atoms with E-state index < -0.39 is 0 Å². The standard InChI is InChI=1S/C20H24N4O2/c1-15(2)20(26)24-12-10-23(11-13-24)18-8-4-3-7-17(18)22-19(25)16-6-5-9-21-14-16/h3-9,14-15H,10-13H2,1-2H3,(H,22,25). The van der Waals surface area contributed by atoms with Gasteiger partial charge in [-0.3, -0.25) is 14.6 Å². The number of nitrogens with one attached hydrogen (secondary N) is 1. The molecule has 1 saturated heterocycles. The first-order valence-corrected chi connectivity index (χ1v) is 8.90. The molecule has 0 saturated carbocycles. The summed E-state index contributed by atoms with van der Waals surface area (Å²) in [6.45, 7) is 6.75. The van der Waals surface area contributed by atoms with Crippen molar-refractivity contribution in [1.29, 1.82) is 0 Å². The Labute approximate surface area is 153 Å². The van der Waals surface area contributed by atoms with Gasteiger partial charge in [0.1, 0.15) is 0 Å². The maximum atomic E-state index is 12.4. The zero-order valence-electron chi connectivity index (χ0n) is 15.2. The Hall–Kier alpha value is -2.89. The van der Waals surface area contributed by atoms with Crippen LogP contribution in [0.3, 0.4) is 0 Å². The molecule has 2 aromatic rings. The number of anilines is 2. The van der Waals surface area contributed by atoms with Gasteiger partial charge in [0.25, 0.3) is 5.91 Å². The molecule has 26 heavy (non-hydrogen) atoms. The average molecular weight is 352 g/mol. The van der Waals surface area contributed by atoms with Crippen molar-refractivity contribution in [2.24, 2.45) is 5.92 Å². The van der Waals surface area contributed by atoms with E-state index in [1.54, 1.807) is 24.5 Å². The number of carbonyl (C=O) groups is 2. The van der Waals surface area contributed by atoms with Gasteiger partial charge in [-0.1, -0.05) is 26.0 Å². The zero-order valence-corrected chi connectivity index (χ0v) is 15.2. The van der Waals surface area contributed by atoms with Crippen LogP contribution in [0.15, 0.2) is 48.8 Å². The zero-order chi connectivity index (χ0) is 18.5. The molecular weight excluding hydrogens is 328 g/mol. The van der Waals surface area contributed by atoms with Crippen molar-refractivity contribution in [2.75, 3.05) is 36.4 Å². The van der Waals surface area contributed by atoms with Crippen LogP contribution in [0.4, 0.5) is 11.4 Å². The van der Waals surface area contributed by atoms with Gasteiger partial charge < -0.3 is 15.1 Å². The largest absolute Gasteiger partial charge is 0.366 e. The minimum atomic E-state index is -0.181. The average Bonchev–Trinajstić information content (AvgIpc) is 2.68. The van der Waals surface area contributed by atoms with Crippen LogP contribution < -0.4 is 10.2 Å². The molecule has 136 valence electrons. The summed E-state index contributed by atoms with van der Waals surface area (Å²) in [5.41, 5.74) is 2.26. The summed E-state index contributed by atoms with van der Waals surface area (Å²) in [6.07, 6.45) is 3.19. The molecule has 1 N–H and O–H groups in total. The second kappa shape index (κ2) is 7.99. The van der Waals surface area contributed by atoms with Gasteiger partial charge >= 0.3 is 0 Å². The van der Waals surface area contributed by atoms with Crippen molar-refractivity contribution in [3.8, 4) is 0 Å². The highest BCUT2D eigenvalue weighted by Crippen LogP contribution is 2.27. The van der Waals surface area contributed by atoms with E-state index in [1.165, 1.54) is 0 Å². The molecule has 1 aromatic heterocycles. The smallest absolute Gasteiger partial charge is 0.257 e. The van der Waals surface area contributed by atoms with Crippen LogP contribution in [0.2, 0.25) is 0 Å². The first-order valence-electron chi connectivity index (χ1n) is 8.90.